The van der Waals surface area contributed by atoms with Crippen LogP contribution in [-0.4, -0.2) is 26.7 Å². The van der Waals surface area contributed by atoms with E-state index < -0.39 is 29.4 Å². The topological polar surface area (TPSA) is 79.9 Å². The van der Waals surface area contributed by atoms with Crippen LogP contribution in [0.5, 0.6) is 5.88 Å². The quantitative estimate of drug-likeness (QED) is 0.240. The van der Waals surface area contributed by atoms with Gasteiger partial charge in [-0.2, -0.15) is 18.3 Å². The summed E-state index contributed by atoms with van der Waals surface area (Å²) in [5.74, 6) is -0.176. The molecule has 1 aliphatic rings. The number of halogens is 6. The highest BCUT2D eigenvalue weighted by Gasteiger charge is 2.37. The van der Waals surface area contributed by atoms with E-state index in [0.717, 1.165) is 11.6 Å². The van der Waals surface area contributed by atoms with Crippen molar-refractivity contribution in [1.29, 1.82) is 0 Å². The molecule has 1 aliphatic heterocycles. The molecule has 12 heteroatoms. The second-order valence-electron chi connectivity index (χ2n) is 10.0. The van der Waals surface area contributed by atoms with E-state index in [1.54, 1.807) is 30.3 Å². The first-order chi connectivity index (χ1) is 18.8. The molecule has 0 radical (unpaired) electrons. The van der Waals surface area contributed by atoms with Gasteiger partial charge < -0.3 is 10.1 Å². The van der Waals surface area contributed by atoms with Gasteiger partial charge in [0, 0.05) is 38.9 Å². The Labute approximate surface area is 242 Å². The van der Waals surface area contributed by atoms with E-state index in [-0.39, 0.29) is 12.1 Å². The minimum absolute atomic E-state index is 0.0454. The number of ether oxygens (including phenoxy) is 1. The Hall–Kier alpha value is -3.27. The minimum Gasteiger partial charge on any atom is -0.471 e. The van der Waals surface area contributed by atoms with Gasteiger partial charge in [0.15, 0.2) is 5.69 Å². The van der Waals surface area contributed by atoms with E-state index in [4.69, 9.17) is 44.5 Å². The molecule has 2 aromatic heterocycles. The molecule has 0 aliphatic carbocycles. The van der Waals surface area contributed by atoms with Crippen LogP contribution >= 0.6 is 34.8 Å². The first kappa shape index (κ1) is 28.3. The predicted molar refractivity (Wildman–Crippen MR) is 148 cm³/mol. The Morgan fingerprint density at radius 3 is 2.40 bits per heavy atom. The summed E-state index contributed by atoms with van der Waals surface area (Å²) in [6, 6.07) is 14.5. The molecule has 0 bridgehead atoms. The van der Waals surface area contributed by atoms with Gasteiger partial charge in [-0.15, -0.1) is 0 Å². The Morgan fingerprint density at radius 2 is 1.75 bits per heavy atom. The zero-order valence-electron chi connectivity index (χ0n) is 21.2. The summed E-state index contributed by atoms with van der Waals surface area (Å²) in [5, 5.41) is 9.91. The predicted octanol–water partition coefficient (Wildman–Crippen LogP) is 8.08. The number of rotatable bonds is 5. The average Bonchev–Trinajstić information content (AvgIpc) is 3.32. The van der Waals surface area contributed by atoms with Crippen LogP contribution in [0.2, 0.25) is 15.1 Å². The van der Waals surface area contributed by atoms with Gasteiger partial charge in [0.25, 0.3) is 0 Å². The molecule has 2 N–H and O–H groups in total. The summed E-state index contributed by atoms with van der Waals surface area (Å²) in [4.78, 5) is 17.8. The summed E-state index contributed by atoms with van der Waals surface area (Å²) >= 11 is 18.8. The van der Waals surface area contributed by atoms with Crippen molar-refractivity contribution >= 4 is 40.7 Å². The van der Waals surface area contributed by atoms with E-state index in [0.29, 0.717) is 49.8 Å². The number of hydrogen-bond acceptors (Lipinski definition) is 4. The van der Waals surface area contributed by atoms with Crippen molar-refractivity contribution < 1.29 is 22.7 Å². The number of carbonyl (C=O) groups excluding carboxylic acids is 1. The molecule has 1 amide bonds. The number of nitrogens with zero attached hydrogens (tertiary/aromatic N) is 2. The number of pyridine rings is 1. The normalized spacial score (nSPS) is 16.2. The van der Waals surface area contributed by atoms with Gasteiger partial charge in [0.05, 0.1) is 23.2 Å². The molecular formula is C28H22Cl3F3N4O2. The monoisotopic (exact) mass is 608 g/mol. The lowest BCUT2D eigenvalue weighted by atomic mass is 9.88. The molecule has 6 nitrogen and oxygen atoms in total. The number of fused-ring (bicyclic) bond motifs is 1. The summed E-state index contributed by atoms with van der Waals surface area (Å²) in [7, 11) is 0. The average molecular weight is 610 g/mol. The Kier molecular flexibility index (Phi) is 7.50. The van der Waals surface area contributed by atoms with Gasteiger partial charge in [-0.05, 0) is 61.9 Å². The molecule has 1 atom stereocenters. The fourth-order valence-corrected chi connectivity index (χ4v) is 5.25. The lowest BCUT2D eigenvalue weighted by Crippen LogP contribution is -2.42. The molecule has 0 saturated heterocycles. The van der Waals surface area contributed by atoms with Crippen LogP contribution in [0, 0.1) is 0 Å². The fourth-order valence-electron chi connectivity index (χ4n) is 4.63. The summed E-state index contributed by atoms with van der Waals surface area (Å²) < 4.78 is 45.0. The molecule has 0 unspecified atom stereocenters. The van der Waals surface area contributed by atoms with Crippen molar-refractivity contribution in [3.05, 3.63) is 86.6 Å². The maximum Gasteiger partial charge on any atom is 0.435 e. The third kappa shape index (κ3) is 6.06. The van der Waals surface area contributed by atoms with Gasteiger partial charge in [0.2, 0.25) is 11.8 Å². The molecule has 5 rings (SSSR count). The lowest BCUT2D eigenvalue weighted by molar-refractivity contribution is -0.141. The van der Waals surface area contributed by atoms with Gasteiger partial charge in [0.1, 0.15) is 5.60 Å². The van der Waals surface area contributed by atoms with Gasteiger partial charge >= 0.3 is 6.18 Å². The van der Waals surface area contributed by atoms with E-state index in [9.17, 15) is 18.0 Å². The molecule has 0 fully saturated rings. The summed E-state index contributed by atoms with van der Waals surface area (Å²) in [5.41, 5.74) is 1.55. The zero-order valence-corrected chi connectivity index (χ0v) is 23.4. The van der Waals surface area contributed by atoms with Crippen LogP contribution in [0.4, 0.5) is 13.2 Å². The van der Waals surface area contributed by atoms with Crippen molar-refractivity contribution in [2.75, 3.05) is 0 Å². The Balaban J connectivity index is 1.55. The number of hydrogen-bond donors (Lipinski definition) is 2. The maximum atomic E-state index is 13.0. The molecular weight excluding hydrogens is 588 g/mol. The smallest absolute Gasteiger partial charge is 0.435 e. The first-order valence-electron chi connectivity index (χ1n) is 12.2. The van der Waals surface area contributed by atoms with Crippen LogP contribution in [0.1, 0.15) is 43.3 Å². The van der Waals surface area contributed by atoms with Crippen molar-refractivity contribution in [3.8, 4) is 28.3 Å². The number of carbonyl (C=O) groups is 1. The van der Waals surface area contributed by atoms with Crippen molar-refractivity contribution in [1.82, 2.24) is 20.5 Å². The highest BCUT2D eigenvalue weighted by molar-refractivity contribution is 6.36. The van der Waals surface area contributed by atoms with Gasteiger partial charge in [-0.1, -0.05) is 46.9 Å². The van der Waals surface area contributed by atoms with Crippen LogP contribution in [0.25, 0.3) is 22.4 Å². The number of nitrogens with one attached hydrogen (secondary N) is 2. The van der Waals surface area contributed by atoms with Crippen LogP contribution in [-0.2, 0) is 17.4 Å². The number of H-pyrrole nitrogens is 1. The van der Waals surface area contributed by atoms with Crippen LogP contribution < -0.4 is 10.1 Å². The van der Waals surface area contributed by atoms with Crippen molar-refractivity contribution in [3.63, 3.8) is 0 Å². The van der Waals surface area contributed by atoms with Gasteiger partial charge in [-0.3, -0.25) is 9.89 Å². The van der Waals surface area contributed by atoms with E-state index in [1.165, 1.54) is 0 Å². The number of amides is 1. The number of alkyl halides is 3. The standard InChI is InChI=1S/C28H22Cl3F3N4O2/c1-27(2)13-22(35-24(39)11-17-10-23(38-37-17)28(32,33)34)20-12-19(14-3-5-15(29)6-4-14)25(36-26(20)40-27)18-8-7-16(30)9-21(18)31/h3-10,12,22H,11,13H2,1-2H3,(H,35,39)(H,37,38)/t22-/m1/s1. The Bertz CT molecular complexity index is 1590. The summed E-state index contributed by atoms with van der Waals surface area (Å²) in [6.45, 7) is 3.73. The Morgan fingerprint density at radius 1 is 1.05 bits per heavy atom. The minimum atomic E-state index is -4.61. The first-order valence-corrected chi connectivity index (χ1v) is 13.3. The molecule has 2 aromatic carbocycles. The third-order valence-corrected chi connectivity index (χ3v) is 7.21. The molecule has 0 saturated carbocycles. The number of aromatic nitrogens is 3. The molecule has 4 aromatic rings. The fraction of sp³-hybridized carbons (Fsp3) is 0.250. The van der Waals surface area contributed by atoms with Crippen molar-refractivity contribution in [2.24, 2.45) is 0 Å². The maximum absolute atomic E-state index is 13.0. The second kappa shape index (κ2) is 10.6. The largest absolute Gasteiger partial charge is 0.471 e. The van der Waals surface area contributed by atoms with Crippen LogP contribution in [0.15, 0.2) is 54.6 Å². The van der Waals surface area contributed by atoms with Gasteiger partial charge in [-0.25, -0.2) is 4.98 Å². The second-order valence-corrected chi connectivity index (χ2v) is 11.3. The highest BCUT2D eigenvalue weighted by atomic mass is 35.5. The molecule has 40 heavy (non-hydrogen) atoms. The lowest BCUT2D eigenvalue weighted by Gasteiger charge is -2.37. The molecule has 0 spiro atoms. The third-order valence-electron chi connectivity index (χ3n) is 6.41. The summed E-state index contributed by atoms with van der Waals surface area (Å²) in [6.07, 6.45) is -4.53. The molecule has 3 heterocycles. The van der Waals surface area contributed by atoms with E-state index in [2.05, 4.69) is 15.5 Å². The number of benzene rings is 2. The highest BCUT2D eigenvalue weighted by Crippen LogP contribution is 2.45. The zero-order chi connectivity index (χ0) is 28.8. The van der Waals surface area contributed by atoms with E-state index >= 15 is 0 Å². The number of aromatic amines is 1. The van der Waals surface area contributed by atoms with Crippen molar-refractivity contribution in [2.45, 2.75) is 44.5 Å². The molecule has 208 valence electrons. The van der Waals surface area contributed by atoms with E-state index in [1.807, 2.05) is 32.0 Å². The van der Waals surface area contributed by atoms with Crippen LogP contribution in [0.3, 0.4) is 0 Å². The SMILES string of the molecule is CC1(C)C[C@@H](NC(=O)Cc2cc(C(F)(F)F)n[nH]2)c2cc(-c3ccc(Cl)cc3)c(-c3ccc(Cl)cc3Cl)nc2O1.